The van der Waals surface area contributed by atoms with Crippen molar-refractivity contribution in [3.05, 3.63) is 35.4 Å². The fourth-order valence-corrected chi connectivity index (χ4v) is 1.84. The third kappa shape index (κ3) is 2.43. The summed E-state index contributed by atoms with van der Waals surface area (Å²) >= 11 is 5.98. The lowest BCUT2D eigenvalue weighted by atomic mass is 10.1. The molecule has 4 nitrogen and oxygen atoms in total. The number of benzene rings is 1. The van der Waals surface area contributed by atoms with Gasteiger partial charge in [0.1, 0.15) is 17.2 Å². The van der Waals surface area contributed by atoms with Crippen molar-refractivity contribution in [3.8, 4) is 17.0 Å². The van der Waals surface area contributed by atoms with Crippen LogP contribution >= 0.6 is 11.6 Å². The second-order valence-corrected chi connectivity index (χ2v) is 3.94. The maximum atomic E-state index is 5.98. The van der Waals surface area contributed by atoms with Crippen molar-refractivity contribution in [2.75, 3.05) is 13.7 Å². The molecule has 17 heavy (non-hydrogen) atoms. The Morgan fingerprint density at radius 2 is 2.29 bits per heavy atom. The molecule has 5 heteroatoms. The summed E-state index contributed by atoms with van der Waals surface area (Å²) in [7, 11) is 1.61. The van der Waals surface area contributed by atoms with Crippen molar-refractivity contribution in [3.63, 3.8) is 0 Å². The topological polar surface area (TPSA) is 61.3 Å². The Kier molecular flexibility index (Phi) is 3.66. The number of oxazole rings is 1. The molecule has 1 aromatic carbocycles. The van der Waals surface area contributed by atoms with Crippen LogP contribution in [0.2, 0.25) is 5.02 Å². The van der Waals surface area contributed by atoms with Crippen molar-refractivity contribution in [2.45, 2.75) is 6.42 Å². The zero-order valence-electron chi connectivity index (χ0n) is 9.44. The van der Waals surface area contributed by atoms with E-state index in [2.05, 4.69) is 4.98 Å². The summed E-state index contributed by atoms with van der Waals surface area (Å²) in [4.78, 5) is 4.19. The van der Waals surface area contributed by atoms with Crippen molar-refractivity contribution in [1.29, 1.82) is 0 Å². The predicted octanol–water partition coefficient (Wildman–Crippen LogP) is 2.50. The van der Waals surface area contributed by atoms with Crippen LogP contribution in [0.15, 0.2) is 29.0 Å². The second kappa shape index (κ2) is 5.21. The molecule has 0 spiro atoms. The van der Waals surface area contributed by atoms with Gasteiger partial charge in [-0.1, -0.05) is 11.6 Å². The second-order valence-electron chi connectivity index (χ2n) is 3.51. The molecule has 0 aliphatic heterocycles. The molecule has 1 heterocycles. The molecule has 2 rings (SSSR count). The van der Waals surface area contributed by atoms with Crippen LogP contribution in [-0.2, 0) is 6.42 Å². The highest BCUT2D eigenvalue weighted by Gasteiger charge is 2.14. The lowest BCUT2D eigenvalue weighted by molar-refractivity contribution is 0.416. The van der Waals surface area contributed by atoms with Crippen molar-refractivity contribution in [2.24, 2.45) is 5.73 Å². The van der Waals surface area contributed by atoms with E-state index in [0.29, 0.717) is 23.7 Å². The Hall–Kier alpha value is -1.52. The quantitative estimate of drug-likeness (QED) is 0.908. The minimum absolute atomic E-state index is 0.505. The number of ether oxygens (including phenoxy) is 1. The zero-order valence-corrected chi connectivity index (χ0v) is 10.2. The van der Waals surface area contributed by atoms with Crippen LogP contribution in [0, 0.1) is 0 Å². The van der Waals surface area contributed by atoms with Gasteiger partial charge < -0.3 is 14.9 Å². The van der Waals surface area contributed by atoms with Gasteiger partial charge in [-0.05, 0) is 24.7 Å². The minimum atomic E-state index is 0.505. The summed E-state index contributed by atoms with van der Waals surface area (Å²) < 4.78 is 10.6. The molecule has 0 saturated heterocycles. The molecule has 2 N–H and O–H groups in total. The number of hydrogen-bond donors (Lipinski definition) is 1. The van der Waals surface area contributed by atoms with Crippen molar-refractivity contribution >= 4 is 11.6 Å². The Balaban J connectivity index is 2.51. The highest BCUT2D eigenvalue weighted by atomic mass is 35.5. The van der Waals surface area contributed by atoms with Crippen LogP contribution in [0.4, 0.5) is 0 Å². The monoisotopic (exact) mass is 252 g/mol. The lowest BCUT2D eigenvalue weighted by Crippen LogP contribution is -2.03. The SMILES string of the molecule is COc1ccc(Cl)cc1-c1ncoc1CCN. The number of hydrogen-bond acceptors (Lipinski definition) is 4. The van der Waals surface area contributed by atoms with Gasteiger partial charge in [0.25, 0.3) is 0 Å². The number of nitrogens with two attached hydrogens (primary N) is 1. The maximum Gasteiger partial charge on any atom is 0.181 e. The van der Waals surface area contributed by atoms with Gasteiger partial charge in [0, 0.05) is 17.0 Å². The molecule has 0 saturated carbocycles. The first-order chi connectivity index (χ1) is 8.26. The smallest absolute Gasteiger partial charge is 0.181 e. The number of methoxy groups -OCH3 is 1. The average Bonchev–Trinajstić information content (AvgIpc) is 2.77. The molecule has 0 aliphatic carbocycles. The Morgan fingerprint density at radius 3 is 3.00 bits per heavy atom. The normalized spacial score (nSPS) is 10.5. The van der Waals surface area contributed by atoms with Crippen LogP contribution in [0.5, 0.6) is 5.75 Å². The lowest BCUT2D eigenvalue weighted by Gasteiger charge is -2.07. The van der Waals surface area contributed by atoms with Gasteiger partial charge in [0.05, 0.1) is 7.11 Å². The first kappa shape index (κ1) is 12.0. The van der Waals surface area contributed by atoms with E-state index in [0.717, 1.165) is 17.0 Å². The van der Waals surface area contributed by atoms with E-state index in [9.17, 15) is 0 Å². The number of aromatic nitrogens is 1. The Morgan fingerprint density at radius 1 is 1.47 bits per heavy atom. The molecular weight excluding hydrogens is 240 g/mol. The summed E-state index contributed by atoms with van der Waals surface area (Å²) in [6, 6.07) is 5.38. The molecule has 0 radical (unpaired) electrons. The molecule has 2 aromatic rings. The van der Waals surface area contributed by atoms with Crippen LogP contribution < -0.4 is 10.5 Å². The van der Waals surface area contributed by atoms with Gasteiger partial charge in [-0.25, -0.2) is 4.98 Å². The summed E-state index contributed by atoms with van der Waals surface area (Å²) in [5.41, 5.74) is 7.07. The van der Waals surface area contributed by atoms with Gasteiger partial charge in [0.15, 0.2) is 6.39 Å². The molecule has 0 aliphatic rings. The third-order valence-corrected chi connectivity index (χ3v) is 2.66. The molecule has 1 aromatic heterocycles. The highest BCUT2D eigenvalue weighted by molar-refractivity contribution is 6.30. The molecule has 0 fully saturated rings. The van der Waals surface area contributed by atoms with E-state index in [-0.39, 0.29) is 0 Å². The summed E-state index contributed by atoms with van der Waals surface area (Å²) in [5, 5.41) is 0.627. The van der Waals surface area contributed by atoms with Gasteiger partial charge in [-0.2, -0.15) is 0 Å². The molecule has 0 bridgehead atoms. The van der Waals surface area contributed by atoms with Crippen LogP contribution in [0.3, 0.4) is 0 Å². The Labute approximate surface area is 104 Å². The van der Waals surface area contributed by atoms with E-state index in [1.165, 1.54) is 6.39 Å². The van der Waals surface area contributed by atoms with Gasteiger partial charge in [-0.3, -0.25) is 0 Å². The fourth-order valence-electron chi connectivity index (χ4n) is 1.66. The molecule has 0 unspecified atom stereocenters. The minimum Gasteiger partial charge on any atom is -0.496 e. The van der Waals surface area contributed by atoms with Crippen molar-refractivity contribution < 1.29 is 9.15 Å². The highest BCUT2D eigenvalue weighted by Crippen LogP contribution is 2.33. The van der Waals surface area contributed by atoms with E-state index in [1.54, 1.807) is 25.3 Å². The number of halogens is 1. The van der Waals surface area contributed by atoms with Crippen LogP contribution in [0.1, 0.15) is 5.76 Å². The summed E-state index contributed by atoms with van der Waals surface area (Å²) in [6.07, 6.45) is 2.03. The van der Waals surface area contributed by atoms with Gasteiger partial charge >= 0.3 is 0 Å². The fraction of sp³-hybridized carbons (Fsp3) is 0.250. The van der Waals surface area contributed by atoms with E-state index < -0.39 is 0 Å². The number of rotatable bonds is 4. The largest absolute Gasteiger partial charge is 0.496 e. The molecule has 0 atom stereocenters. The average molecular weight is 253 g/mol. The summed E-state index contributed by atoms with van der Waals surface area (Å²) in [6.45, 7) is 0.505. The molecular formula is C12H13ClN2O2. The predicted molar refractivity (Wildman–Crippen MR) is 66.3 cm³/mol. The standard InChI is InChI=1S/C12H13ClN2O2/c1-16-10-3-2-8(13)6-9(10)12-11(4-5-14)17-7-15-12/h2-3,6-7H,4-5,14H2,1H3. The molecule has 90 valence electrons. The van der Waals surface area contributed by atoms with E-state index in [1.807, 2.05) is 0 Å². The van der Waals surface area contributed by atoms with E-state index >= 15 is 0 Å². The van der Waals surface area contributed by atoms with Crippen LogP contribution in [-0.4, -0.2) is 18.6 Å². The van der Waals surface area contributed by atoms with Crippen LogP contribution in [0.25, 0.3) is 11.3 Å². The van der Waals surface area contributed by atoms with Crippen molar-refractivity contribution in [1.82, 2.24) is 4.98 Å². The molecule has 0 amide bonds. The summed E-state index contributed by atoms with van der Waals surface area (Å²) in [5.74, 6) is 1.45. The maximum absolute atomic E-state index is 5.98. The van der Waals surface area contributed by atoms with Gasteiger partial charge in [-0.15, -0.1) is 0 Å². The van der Waals surface area contributed by atoms with E-state index in [4.69, 9.17) is 26.5 Å². The number of nitrogens with zero attached hydrogens (tertiary/aromatic N) is 1. The van der Waals surface area contributed by atoms with Gasteiger partial charge in [0.2, 0.25) is 0 Å². The first-order valence-corrected chi connectivity index (χ1v) is 5.60. The first-order valence-electron chi connectivity index (χ1n) is 5.22. The third-order valence-electron chi connectivity index (χ3n) is 2.43. The Bertz CT molecular complexity index is 511. The zero-order chi connectivity index (χ0) is 12.3.